The molecule has 0 fully saturated rings. The van der Waals surface area contributed by atoms with Crippen molar-refractivity contribution in [1.82, 2.24) is 25.1 Å². The molecule has 3 aromatic rings. The van der Waals surface area contributed by atoms with E-state index in [1.165, 1.54) is 6.33 Å². The van der Waals surface area contributed by atoms with Crippen LogP contribution in [0, 0.1) is 0 Å². The summed E-state index contributed by atoms with van der Waals surface area (Å²) in [5.74, 6) is 1.13. The fourth-order valence-corrected chi connectivity index (χ4v) is 2.90. The Kier molecular flexibility index (Phi) is 6.53. The molecule has 9 heteroatoms. The third-order valence-corrected chi connectivity index (χ3v) is 4.57. The number of halogens is 1. The van der Waals surface area contributed by atoms with Crippen LogP contribution in [-0.4, -0.2) is 44.3 Å². The molecule has 0 atom stereocenters. The number of anilines is 1. The van der Waals surface area contributed by atoms with Crippen molar-refractivity contribution in [1.29, 1.82) is 0 Å². The molecule has 2 aromatic heterocycles. The second-order valence-corrected chi connectivity index (χ2v) is 7.51. The van der Waals surface area contributed by atoms with E-state index in [1.54, 1.807) is 49.0 Å². The summed E-state index contributed by atoms with van der Waals surface area (Å²) in [6.45, 7) is 7.24. The predicted molar refractivity (Wildman–Crippen MR) is 113 cm³/mol. The van der Waals surface area contributed by atoms with E-state index in [0.29, 0.717) is 23.9 Å². The van der Waals surface area contributed by atoms with E-state index in [-0.39, 0.29) is 5.91 Å². The minimum absolute atomic E-state index is 0.219. The van der Waals surface area contributed by atoms with Crippen LogP contribution in [0.15, 0.2) is 36.8 Å². The van der Waals surface area contributed by atoms with Crippen LogP contribution in [0.1, 0.15) is 27.2 Å². The number of carbonyl (C=O) groups excluding carboxylic acids is 1. The second-order valence-electron chi connectivity index (χ2n) is 7.08. The van der Waals surface area contributed by atoms with E-state index in [4.69, 9.17) is 16.3 Å². The summed E-state index contributed by atoms with van der Waals surface area (Å²) in [4.78, 5) is 21.2. The molecule has 8 nitrogen and oxygen atoms in total. The smallest absolute Gasteiger partial charge is 0.263 e. The number of rotatable bonds is 9. The Morgan fingerprint density at radius 1 is 1.21 bits per heavy atom. The van der Waals surface area contributed by atoms with Crippen LogP contribution in [0.4, 0.5) is 5.82 Å². The standard InChI is InChI=1S/C20H25ClN6O2/c1-4-9-22-17-16-12-26-27(18(16)25-13-24-17)11-10-23-19(28)20(2,3)29-15-7-5-14(21)6-8-15/h5-8,12-13H,4,9-11H2,1-3H3,(H,23,28)(H,22,24,25). The molecule has 0 bridgehead atoms. The minimum atomic E-state index is -1.03. The molecule has 29 heavy (non-hydrogen) atoms. The van der Waals surface area contributed by atoms with Gasteiger partial charge in [-0.1, -0.05) is 18.5 Å². The SMILES string of the molecule is CCCNc1ncnc2c1cnn2CCNC(=O)C(C)(C)Oc1ccc(Cl)cc1. The Balaban J connectivity index is 1.59. The van der Waals surface area contributed by atoms with Crippen molar-refractivity contribution in [3.8, 4) is 5.75 Å². The molecular formula is C20H25ClN6O2. The van der Waals surface area contributed by atoms with Crippen molar-refractivity contribution in [2.75, 3.05) is 18.4 Å². The van der Waals surface area contributed by atoms with Gasteiger partial charge in [-0.25, -0.2) is 14.6 Å². The molecule has 1 amide bonds. The van der Waals surface area contributed by atoms with E-state index < -0.39 is 5.60 Å². The maximum absolute atomic E-state index is 12.6. The lowest BCUT2D eigenvalue weighted by Gasteiger charge is -2.25. The molecule has 154 valence electrons. The van der Waals surface area contributed by atoms with Gasteiger partial charge in [-0.3, -0.25) is 4.79 Å². The monoisotopic (exact) mass is 416 g/mol. The van der Waals surface area contributed by atoms with Crippen LogP contribution in [0.25, 0.3) is 11.0 Å². The van der Waals surface area contributed by atoms with Gasteiger partial charge in [0, 0.05) is 18.1 Å². The maximum atomic E-state index is 12.6. The van der Waals surface area contributed by atoms with Crippen LogP contribution in [0.3, 0.4) is 0 Å². The number of ether oxygens (including phenoxy) is 1. The zero-order valence-electron chi connectivity index (χ0n) is 16.8. The highest BCUT2D eigenvalue weighted by Crippen LogP contribution is 2.21. The maximum Gasteiger partial charge on any atom is 0.263 e. The van der Waals surface area contributed by atoms with Gasteiger partial charge < -0.3 is 15.4 Å². The van der Waals surface area contributed by atoms with Crippen molar-refractivity contribution in [2.24, 2.45) is 0 Å². The molecule has 0 saturated carbocycles. The molecule has 0 unspecified atom stereocenters. The van der Waals surface area contributed by atoms with Gasteiger partial charge in [-0.05, 0) is 44.5 Å². The van der Waals surface area contributed by atoms with Crippen molar-refractivity contribution in [3.63, 3.8) is 0 Å². The van der Waals surface area contributed by atoms with Gasteiger partial charge in [0.15, 0.2) is 11.2 Å². The molecule has 2 heterocycles. The molecule has 3 rings (SSSR count). The number of aromatic nitrogens is 4. The van der Waals surface area contributed by atoms with Crippen LogP contribution >= 0.6 is 11.6 Å². The average Bonchev–Trinajstić information content (AvgIpc) is 3.11. The number of amides is 1. The molecule has 0 radical (unpaired) electrons. The first kappa shape index (κ1) is 20.9. The van der Waals surface area contributed by atoms with Gasteiger partial charge in [-0.15, -0.1) is 0 Å². The zero-order chi connectivity index (χ0) is 20.9. The molecule has 2 N–H and O–H groups in total. The number of nitrogens with zero attached hydrogens (tertiary/aromatic N) is 4. The molecule has 0 saturated heterocycles. The van der Waals surface area contributed by atoms with Gasteiger partial charge >= 0.3 is 0 Å². The summed E-state index contributed by atoms with van der Waals surface area (Å²) in [7, 11) is 0. The largest absolute Gasteiger partial charge is 0.478 e. The van der Waals surface area contributed by atoms with Crippen LogP contribution in [-0.2, 0) is 11.3 Å². The van der Waals surface area contributed by atoms with Crippen LogP contribution < -0.4 is 15.4 Å². The van der Waals surface area contributed by atoms with E-state index in [1.807, 2.05) is 0 Å². The summed E-state index contributed by atoms with van der Waals surface area (Å²) in [6.07, 6.45) is 4.25. The number of carbonyl (C=O) groups is 1. The first-order valence-electron chi connectivity index (χ1n) is 9.54. The summed E-state index contributed by atoms with van der Waals surface area (Å²) >= 11 is 5.88. The molecule has 0 aliphatic carbocycles. The summed E-state index contributed by atoms with van der Waals surface area (Å²) in [5.41, 5.74) is -0.302. The van der Waals surface area contributed by atoms with Crippen molar-refractivity contribution in [3.05, 3.63) is 41.8 Å². The molecule has 0 aliphatic rings. The van der Waals surface area contributed by atoms with Crippen molar-refractivity contribution in [2.45, 2.75) is 39.3 Å². The lowest BCUT2D eigenvalue weighted by atomic mass is 10.1. The lowest BCUT2D eigenvalue weighted by molar-refractivity contribution is -0.134. The lowest BCUT2D eigenvalue weighted by Crippen LogP contribution is -2.47. The van der Waals surface area contributed by atoms with Gasteiger partial charge in [0.1, 0.15) is 17.9 Å². The van der Waals surface area contributed by atoms with Gasteiger partial charge in [0.05, 0.1) is 18.1 Å². The molecule has 0 spiro atoms. The number of benzene rings is 1. The quantitative estimate of drug-likeness (QED) is 0.556. The minimum Gasteiger partial charge on any atom is -0.478 e. The average molecular weight is 417 g/mol. The topological polar surface area (TPSA) is 94.0 Å². The van der Waals surface area contributed by atoms with Crippen LogP contribution in [0.5, 0.6) is 5.75 Å². The Morgan fingerprint density at radius 2 is 1.97 bits per heavy atom. The van der Waals surface area contributed by atoms with Gasteiger partial charge in [-0.2, -0.15) is 5.10 Å². The fourth-order valence-electron chi connectivity index (χ4n) is 2.77. The second kappa shape index (κ2) is 9.09. The van der Waals surface area contributed by atoms with Crippen molar-refractivity contribution >= 4 is 34.4 Å². The van der Waals surface area contributed by atoms with E-state index in [2.05, 4.69) is 32.6 Å². The number of fused-ring (bicyclic) bond motifs is 1. The van der Waals surface area contributed by atoms with E-state index in [9.17, 15) is 4.79 Å². The van der Waals surface area contributed by atoms with E-state index in [0.717, 1.165) is 29.8 Å². The van der Waals surface area contributed by atoms with E-state index >= 15 is 0 Å². The van der Waals surface area contributed by atoms with Crippen molar-refractivity contribution < 1.29 is 9.53 Å². The highest BCUT2D eigenvalue weighted by Gasteiger charge is 2.29. The summed E-state index contributed by atoms with van der Waals surface area (Å²) in [6, 6.07) is 6.91. The number of hydrogen-bond acceptors (Lipinski definition) is 6. The molecular weight excluding hydrogens is 392 g/mol. The zero-order valence-corrected chi connectivity index (χ0v) is 17.5. The highest BCUT2D eigenvalue weighted by atomic mass is 35.5. The Morgan fingerprint density at radius 3 is 2.69 bits per heavy atom. The fraction of sp³-hybridized carbons (Fsp3) is 0.400. The van der Waals surface area contributed by atoms with Crippen LogP contribution in [0.2, 0.25) is 5.02 Å². The first-order valence-corrected chi connectivity index (χ1v) is 9.92. The molecule has 0 aliphatic heterocycles. The Hall–Kier alpha value is -2.87. The third-order valence-electron chi connectivity index (χ3n) is 4.32. The number of nitrogens with one attached hydrogen (secondary N) is 2. The predicted octanol–water partition coefficient (Wildman–Crippen LogP) is 3.28. The first-order chi connectivity index (χ1) is 13.9. The van der Waals surface area contributed by atoms with Gasteiger partial charge in [0.2, 0.25) is 0 Å². The number of hydrogen-bond donors (Lipinski definition) is 2. The Labute approximate surface area is 174 Å². The molecule has 1 aromatic carbocycles. The normalized spacial score (nSPS) is 11.4. The van der Waals surface area contributed by atoms with Gasteiger partial charge in [0.25, 0.3) is 5.91 Å². The highest BCUT2D eigenvalue weighted by molar-refractivity contribution is 6.30. The summed E-state index contributed by atoms with van der Waals surface area (Å²) in [5, 5.41) is 12.0. The summed E-state index contributed by atoms with van der Waals surface area (Å²) < 4.78 is 7.56. The third kappa shape index (κ3) is 5.14. The Bertz CT molecular complexity index is 971.